The van der Waals surface area contributed by atoms with Gasteiger partial charge in [0.05, 0.1) is 12.0 Å². The molecule has 0 aliphatic rings. The third-order valence-electron chi connectivity index (χ3n) is 2.78. The number of benzene rings is 1. The number of nitrogens with zero attached hydrogens (tertiary/aromatic N) is 2. The average molecular weight is 225 g/mol. The van der Waals surface area contributed by atoms with E-state index in [2.05, 4.69) is 48.9 Å². The van der Waals surface area contributed by atoms with Crippen LogP contribution in [-0.4, -0.2) is 9.97 Å². The molecule has 0 bridgehead atoms. The van der Waals surface area contributed by atoms with Crippen molar-refractivity contribution in [2.45, 2.75) is 26.2 Å². The van der Waals surface area contributed by atoms with Crippen LogP contribution in [0.15, 0.2) is 30.6 Å². The van der Waals surface area contributed by atoms with Crippen LogP contribution in [0.3, 0.4) is 0 Å². The van der Waals surface area contributed by atoms with Crippen LogP contribution in [0.5, 0.6) is 0 Å². The van der Waals surface area contributed by atoms with Gasteiger partial charge in [0.15, 0.2) is 5.69 Å². The van der Waals surface area contributed by atoms with Crippen molar-refractivity contribution < 1.29 is 0 Å². The van der Waals surface area contributed by atoms with Crippen molar-refractivity contribution in [2.24, 2.45) is 0 Å². The molecule has 2 aromatic rings. The van der Waals surface area contributed by atoms with E-state index in [1.54, 1.807) is 6.33 Å². The summed E-state index contributed by atoms with van der Waals surface area (Å²) < 4.78 is 0. The number of hydrogen-bond acceptors (Lipinski definition) is 2. The maximum Gasteiger partial charge on any atom is 0.166 e. The Bertz CT molecular complexity index is 550. The second-order valence-electron chi connectivity index (χ2n) is 5.07. The largest absolute Gasteiger partial charge is 0.343 e. The quantitative estimate of drug-likeness (QED) is 0.810. The molecule has 0 fully saturated rings. The van der Waals surface area contributed by atoms with Crippen molar-refractivity contribution in [1.29, 1.82) is 5.26 Å². The smallest absolute Gasteiger partial charge is 0.166 e. The van der Waals surface area contributed by atoms with Crippen LogP contribution < -0.4 is 0 Å². The summed E-state index contributed by atoms with van der Waals surface area (Å²) in [5, 5.41) is 8.92. The predicted molar refractivity (Wildman–Crippen MR) is 67.4 cm³/mol. The zero-order valence-electron chi connectivity index (χ0n) is 10.3. The summed E-state index contributed by atoms with van der Waals surface area (Å²) >= 11 is 0. The lowest BCUT2D eigenvalue weighted by molar-refractivity contribution is 0.590. The Morgan fingerprint density at radius 1 is 1.18 bits per heavy atom. The highest BCUT2D eigenvalue weighted by Crippen LogP contribution is 2.26. The van der Waals surface area contributed by atoms with Gasteiger partial charge in [-0.05, 0) is 11.0 Å². The molecule has 3 nitrogen and oxygen atoms in total. The van der Waals surface area contributed by atoms with E-state index in [0.717, 1.165) is 11.3 Å². The van der Waals surface area contributed by atoms with Gasteiger partial charge in [-0.1, -0.05) is 45.0 Å². The van der Waals surface area contributed by atoms with Gasteiger partial charge in [0.25, 0.3) is 0 Å². The SMILES string of the molecule is CC(C)(C)c1ccc(-c2[nH]cnc2C#N)cc1. The third-order valence-corrected chi connectivity index (χ3v) is 2.78. The topological polar surface area (TPSA) is 52.5 Å². The molecule has 0 aliphatic heterocycles. The molecule has 86 valence electrons. The van der Waals surface area contributed by atoms with Gasteiger partial charge in [-0.25, -0.2) is 4.98 Å². The number of imidazole rings is 1. The molecule has 3 heteroatoms. The second-order valence-corrected chi connectivity index (χ2v) is 5.07. The molecule has 0 saturated heterocycles. The number of H-pyrrole nitrogens is 1. The fourth-order valence-electron chi connectivity index (χ4n) is 1.74. The summed E-state index contributed by atoms with van der Waals surface area (Å²) in [7, 11) is 0. The number of aromatic amines is 1. The fraction of sp³-hybridized carbons (Fsp3) is 0.286. The normalized spacial score (nSPS) is 11.2. The highest BCUT2D eigenvalue weighted by atomic mass is 14.9. The van der Waals surface area contributed by atoms with Crippen molar-refractivity contribution in [1.82, 2.24) is 9.97 Å². The number of hydrogen-bond donors (Lipinski definition) is 1. The predicted octanol–water partition coefficient (Wildman–Crippen LogP) is 3.25. The van der Waals surface area contributed by atoms with E-state index < -0.39 is 0 Å². The maximum atomic E-state index is 8.92. The van der Waals surface area contributed by atoms with Gasteiger partial charge < -0.3 is 4.98 Å². The van der Waals surface area contributed by atoms with Gasteiger partial charge in [-0.2, -0.15) is 5.26 Å². The van der Waals surface area contributed by atoms with E-state index in [1.165, 1.54) is 5.56 Å². The van der Waals surface area contributed by atoms with Gasteiger partial charge in [0, 0.05) is 5.56 Å². The molecule has 2 rings (SSSR count). The van der Waals surface area contributed by atoms with Crippen LogP contribution in [-0.2, 0) is 5.41 Å². The Hall–Kier alpha value is -2.08. The fourth-order valence-corrected chi connectivity index (χ4v) is 1.74. The first-order valence-electron chi connectivity index (χ1n) is 5.57. The first-order valence-corrected chi connectivity index (χ1v) is 5.57. The summed E-state index contributed by atoms with van der Waals surface area (Å²) in [6.45, 7) is 6.54. The van der Waals surface area contributed by atoms with Gasteiger partial charge in [0.2, 0.25) is 0 Å². The Labute approximate surface area is 101 Å². The molecule has 0 amide bonds. The highest BCUT2D eigenvalue weighted by molar-refractivity contribution is 5.65. The molecule has 1 heterocycles. The minimum atomic E-state index is 0.143. The Morgan fingerprint density at radius 3 is 2.35 bits per heavy atom. The number of rotatable bonds is 1. The number of nitrogens with one attached hydrogen (secondary N) is 1. The summed E-state index contributed by atoms with van der Waals surface area (Å²) in [6.07, 6.45) is 1.55. The van der Waals surface area contributed by atoms with Crippen LogP contribution >= 0.6 is 0 Å². The standard InChI is InChI=1S/C14H15N3/c1-14(2,3)11-6-4-10(5-7-11)13-12(8-15)16-9-17-13/h4-7,9H,1-3H3,(H,16,17). The van der Waals surface area contributed by atoms with E-state index in [1.807, 2.05) is 12.1 Å². The van der Waals surface area contributed by atoms with Crippen molar-refractivity contribution in [3.63, 3.8) is 0 Å². The maximum absolute atomic E-state index is 8.92. The summed E-state index contributed by atoms with van der Waals surface area (Å²) in [5.41, 5.74) is 3.64. The summed E-state index contributed by atoms with van der Waals surface area (Å²) in [6, 6.07) is 10.3. The van der Waals surface area contributed by atoms with E-state index >= 15 is 0 Å². The molecule has 1 aromatic heterocycles. The molecule has 1 aromatic carbocycles. The van der Waals surface area contributed by atoms with E-state index in [-0.39, 0.29) is 5.41 Å². The van der Waals surface area contributed by atoms with Crippen molar-refractivity contribution >= 4 is 0 Å². The van der Waals surface area contributed by atoms with Gasteiger partial charge in [-0.3, -0.25) is 0 Å². The lowest BCUT2D eigenvalue weighted by Crippen LogP contribution is -2.10. The van der Waals surface area contributed by atoms with Crippen LogP contribution in [0, 0.1) is 11.3 Å². The molecule has 0 spiro atoms. The lowest BCUT2D eigenvalue weighted by Gasteiger charge is -2.19. The Balaban J connectivity index is 2.40. The molecule has 0 aliphatic carbocycles. The molecule has 0 atom stereocenters. The molecular formula is C14H15N3. The monoisotopic (exact) mass is 225 g/mol. The average Bonchev–Trinajstić information content (AvgIpc) is 2.76. The van der Waals surface area contributed by atoms with E-state index in [9.17, 15) is 0 Å². The molecule has 17 heavy (non-hydrogen) atoms. The van der Waals surface area contributed by atoms with Crippen LogP contribution in [0.2, 0.25) is 0 Å². The van der Waals surface area contributed by atoms with E-state index in [0.29, 0.717) is 5.69 Å². The van der Waals surface area contributed by atoms with Crippen molar-refractivity contribution in [3.05, 3.63) is 41.9 Å². The van der Waals surface area contributed by atoms with Crippen LogP contribution in [0.4, 0.5) is 0 Å². The summed E-state index contributed by atoms with van der Waals surface area (Å²) in [4.78, 5) is 6.96. The second kappa shape index (κ2) is 4.06. The van der Waals surface area contributed by atoms with Crippen molar-refractivity contribution in [2.75, 3.05) is 0 Å². The minimum absolute atomic E-state index is 0.143. The Kier molecular flexibility index (Phi) is 2.72. The molecule has 1 N–H and O–H groups in total. The van der Waals surface area contributed by atoms with E-state index in [4.69, 9.17) is 5.26 Å². The third kappa shape index (κ3) is 2.21. The van der Waals surface area contributed by atoms with Crippen molar-refractivity contribution in [3.8, 4) is 17.3 Å². The van der Waals surface area contributed by atoms with Gasteiger partial charge in [-0.15, -0.1) is 0 Å². The highest BCUT2D eigenvalue weighted by Gasteiger charge is 2.14. The lowest BCUT2D eigenvalue weighted by atomic mass is 9.86. The Morgan fingerprint density at radius 2 is 1.82 bits per heavy atom. The molecule has 0 unspecified atom stereocenters. The molecular weight excluding hydrogens is 210 g/mol. The summed E-state index contributed by atoms with van der Waals surface area (Å²) in [5.74, 6) is 0. The van der Waals surface area contributed by atoms with Crippen LogP contribution in [0.25, 0.3) is 11.3 Å². The first kappa shape index (κ1) is 11.4. The molecule has 0 saturated carbocycles. The molecule has 0 radical (unpaired) electrons. The number of nitriles is 1. The van der Waals surface area contributed by atoms with Gasteiger partial charge in [0.1, 0.15) is 6.07 Å². The zero-order chi connectivity index (χ0) is 12.5. The zero-order valence-corrected chi connectivity index (χ0v) is 10.3. The van der Waals surface area contributed by atoms with Crippen LogP contribution in [0.1, 0.15) is 32.0 Å². The first-order chi connectivity index (χ1) is 8.02. The number of aromatic nitrogens is 2. The van der Waals surface area contributed by atoms with Gasteiger partial charge >= 0.3 is 0 Å². The minimum Gasteiger partial charge on any atom is -0.343 e.